The van der Waals surface area contributed by atoms with Crippen LogP contribution >= 0.6 is 23.1 Å². The highest BCUT2D eigenvalue weighted by atomic mass is 32.2. The standard InChI is InChI=1S/C18H18N2O2S2/c1-11(2)22-13-9-7-12(8-10-13)17(21)20-18-19-16-14(23-3)5-4-6-15(16)24-18/h4-11H,1-3H3,(H,19,20,21). The molecule has 0 aliphatic heterocycles. The molecule has 0 aliphatic carbocycles. The van der Waals surface area contributed by atoms with Gasteiger partial charge in [0.05, 0.1) is 16.3 Å². The molecule has 2 aromatic carbocycles. The molecule has 0 bridgehead atoms. The van der Waals surface area contributed by atoms with Gasteiger partial charge in [-0.1, -0.05) is 17.4 Å². The van der Waals surface area contributed by atoms with Crippen molar-refractivity contribution in [3.05, 3.63) is 48.0 Å². The van der Waals surface area contributed by atoms with Crippen LogP contribution in [0.3, 0.4) is 0 Å². The number of hydrogen-bond acceptors (Lipinski definition) is 5. The highest BCUT2D eigenvalue weighted by Gasteiger charge is 2.12. The number of ether oxygens (including phenoxy) is 1. The Bertz CT molecular complexity index is 857. The fourth-order valence-electron chi connectivity index (χ4n) is 2.27. The maximum atomic E-state index is 12.4. The van der Waals surface area contributed by atoms with E-state index in [1.165, 1.54) is 11.3 Å². The number of carbonyl (C=O) groups is 1. The number of anilines is 1. The Hall–Kier alpha value is -2.05. The molecule has 0 spiro atoms. The molecule has 0 aliphatic rings. The normalized spacial score (nSPS) is 11.0. The number of amides is 1. The van der Waals surface area contributed by atoms with E-state index in [1.54, 1.807) is 36.0 Å². The fourth-order valence-corrected chi connectivity index (χ4v) is 3.78. The van der Waals surface area contributed by atoms with E-state index in [1.807, 2.05) is 38.3 Å². The number of nitrogens with zero attached hydrogens (tertiary/aromatic N) is 1. The molecule has 0 saturated heterocycles. The molecule has 1 heterocycles. The van der Waals surface area contributed by atoms with Gasteiger partial charge < -0.3 is 4.74 Å². The van der Waals surface area contributed by atoms with Crippen LogP contribution in [0.15, 0.2) is 47.4 Å². The van der Waals surface area contributed by atoms with E-state index in [0.717, 1.165) is 20.9 Å². The number of thioether (sulfide) groups is 1. The predicted octanol–water partition coefficient (Wildman–Crippen LogP) is 5.06. The van der Waals surface area contributed by atoms with Crippen LogP contribution in [-0.2, 0) is 0 Å². The molecule has 0 radical (unpaired) electrons. The highest BCUT2D eigenvalue weighted by Crippen LogP contribution is 2.32. The SMILES string of the molecule is CSc1cccc2sc(NC(=O)c3ccc(OC(C)C)cc3)nc12. The molecule has 24 heavy (non-hydrogen) atoms. The summed E-state index contributed by atoms with van der Waals surface area (Å²) in [6, 6.07) is 13.2. The Morgan fingerprint density at radius 1 is 1.21 bits per heavy atom. The lowest BCUT2D eigenvalue weighted by atomic mass is 10.2. The molecule has 1 aromatic heterocycles. The smallest absolute Gasteiger partial charge is 0.257 e. The number of para-hydroxylation sites is 1. The number of thiazole rings is 1. The van der Waals surface area contributed by atoms with Gasteiger partial charge in [-0.3, -0.25) is 10.1 Å². The van der Waals surface area contributed by atoms with Crippen molar-refractivity contribution in [3.8, 4) is 5.75 Å². The molecule has 4 nitrogen and oxygen atoms in total. The van der Waals surface area contributed by atoms with E-state index >= 15 is 0 Å². The number of aromatic nitrogens is 1. The minimum atomic E-state index is -0.171. The Kier molecular flexibility index (Phi) is 5.06. The van der Waals surface area contributed by atoms with Crippen LogP contribution in [0.25, 0.3) is 10.2 Å². The van der Waals surface area contributed by atoms with Crippen LogP contribution in [0.4, 0.5) is 5.13 Å². The number of benzene rings is 2. The second-order valence-corrected chi connectivity index (χ2v) is 7.35. The van der Waals surface area contributed by atoms with E-state index < -0.39 is 0 Å². The van der Waals surface area contributed by atoms with Gasteiger partial charge in [-0.15, -0.1) is 11.8 Å². The summed E-state index contributed by atoms with van der Waals surface area (Å²) in [5, 5.41) is 3.49. The van der Waals surface area contributed by atoms with Crippen LogP contribution < -0.4 is 10.1 Å². The van der Waals surface area contributed by atoms with E-state index in [0.29, 0.717) is 10.7 Å². The molecular weight excluding hydrogens is 340 g/mol. The van der Waals surface area contributed by atoms with Crippen molar-refractivity contribution in [2.75, 3.05) is 11.6 Å². The van der Waals surface area contributed by atoms with Crippen molar-refractivity contribution in [2.24, 2.45) is 0 Å². The Morgan fingerprint density at radius 3 is 2.62 bits per heavy atom. The lowest BCUT2D eigenvalue weighted by Crippen LogP contribution is -2.12. The minimum absolute atomic E-state index is 0.109. The zero-order chi connectivity index (χ0) is 17.1. The maximum absolute atomic E-state index is 12.4. The Balaban J connectivity index is 1.77. The second-order valence-electron chi connectivity index (χ2n) is 5.47. The zero-order valence-electron chi connectivity index (χ0n) is 13.7. The first-order chi connectivity index (χ1) is 11.6. The molecule has 3 rings (SSSR count). The fraction of sp³-hybridized carbons (Fsp3) is 0.222. The van der Waals surface area contributed by atoms with Gasteiger partial charge in [0.25, 0.3) is 5.91 Å². The minimum Gasteiger partial charge on any atom is -0.491 e. The quantitative estimate of drug-likeness (QED) is 0.648. The average Bonchev–Trinajstić information content (AvgIpc) is 2.97. The largest absolute Gasteiger partial charge is 0.491 e. The monoisotopic (exact) mass is 358 g/mol. The number of hydrogen-bond donors (Lipinski definition) is 1. The number of fused-ring (bicyclic) bond motifs is 1. The summed E-state index contributed by atoms with van der Waals surface area (Å²) in [7, 11) is 0. The summed E-state index contributed by atoms with van der Waals surface area (Å²) in [6.07, 6.45) is 2.13. The predicted molar refractivity (Wildman–Crippen MR) is 102 cm³/mol. The molecule has 0 saturated carbocycles. The molecule has 1 N–H and O–H groups in total. The molecule has 1 amide bonds. The molecule has 0 fully saturated rings. The van der Waals surface area contributed by atoms with E-state index in [-0.39, 0.29) is 12.0 Å². The van der Waals surface area contributed by atoms with Gasteiger partial charge in [0.1, 0.15) is 5.75 Å². The van der Waals surface area contributed by atoms with Crippen LogP contribution in [0.5, 0.6) is 5.75 Å². The van der Waals surface area contributed by atoms with Crippen molar-refractivity contribution in [1.82, 2.24) is 4.98 Å². The summed E-state index contributed by atoms with van der Waals surface area (Å²) in [5.41, 5.74) is 1.52. The Morgan fingerprint density at radius 2 is 1.96 bits per heavy atom. The Labute approximate surface area is 149 Å². The third-order valence-electron chi connectivity index (χ3n) is 3.31. The summed E-state index contributed by atoms with van der Waals surface area (Å²) in [4.78, 5) is 18.0. The second kappa shape index (κ2) is 7.23. The first-order valence-electron chi connectivity index (χ1n) is 7.58. The number of carbonyl (C=O) groups excluding carboxylic acids is 1. The van der Waals surface area contributed by atoms with Crippen LogP contribution in [-0.4, -0.2) is 23.3 Å². The molecule has 0 atom stereocenters. The molecule has 3 aromatic rings. The molecule has 124 valence electrons. The van der Waals surface area contributed by atoms with Crippen LogP contribution in [0, 0.1) is 0 Å². The van der Waals surface area contributed by atoms with E-state index in [4.69, 9.17) is 4.74 Å². The molecule has 6 heteroatoms. The van der Waals surface area contributed by atoms with Crippen molar-refractivity contribution in [1.29, 1.82) is 0 Å². The van der Waals surface area contributed by atoms with Gasteiger partial charge >= 0.3 is 0 Å². The lowest BCUT2D eigenvalue weighted by molar-refractivity contribution is 0.102. The van der Waals surface area contributed by atoms with Gasteiger partial charge in [-0.05, 0) is 56.5 Å². The van der Waals surface area contributed by atoms with Gasteiger partial charge in [-0.25, -0.2) is 4.98 Å². The third kappa shape index (κ3) is 3.71. The number of nitrogens with one attached hydrogen (secondary N) is 1. The summed E-state index contributed by atoms with van der Waals surface area (Å²) >= 11 is 3.13. The summed E-state index contributed by atoms with van der Waals surface area (Å²) in [5.74, 6) is 0.585. The van der Waals surface area contributed by atoms with Crippen LogP contribution in [0.2, 0.25) is 0 Å². The lowest BCUT2D eigenvalue weighted by Gasteiger charge is -2.09. The molecule has 0 unspecified atom stereocenters. The summed E-state index contributed by atoms with van der Waals surface area (Å²) in [6.45, 7) is 3.94. The number of rotatable bonds is 5. The average molecular weight is 358 g/mol. The van der Waals surface area contributed by atoms with Gasteiger partial charge in [0, 0.05) is 10.5 Å². The summed E-state index contributed by atoms with van der Waals surface area (Å²) < 4.78 is 6.66. The van der Waals surface area contributed by atoms with Crippen molar-refractivity contribution in [3.63, 3.8) is 0 Å². The van der Waals surface area contributed by atoms with Crippen molar-refractivity contribution < 1.29 is 9.53 Å². The first kappa shape index (κ1) is 16.8. The van der Waals surface area contributed by atoms with E-state index in [2.05, 4.69) is 10.3 Å². The highest BCUT2D eigenvalue weighted by molar-refractivity contribution is 7.98. The van der Waals surface area contributed by atoms with Gasteiger partial charge in [0.15, 0.2) is 5.13 Å². The zero-order valence-corrected chi connectivity index (χ0v) is 15.3. The topological polar surface area (TPSA) is 51.2 Å². The maximum Gasteiger partial charge on any atom is 0.257 e. The first-order valence-corrected chi connectivity index (χ1v) is 9.62. The van der Waals surface area contributed by atoms with Crippen LogP contribution in [0.1, 0.15) is 24.2 Å². The van der Waals surface area contributed by atoms with E-state index in [9.17, 15) is 4.79 Å². The third-order valence-corrected chi connectivity index (χ3v) is 5.02. The van der Waals surface area contributed by atoms with Crippen molar-refractivity contribution in [2.45, 2.75) is 24.8 Å². The molecular formula is C18H18N2O2S2. The van der Waals surface area contributed by atoms with Gasteiger partial charge in [-0.2, -0.15) is 0 Å². The van der Waals surface area contributed by atoms with Gasteiger partial charge in [0.2, 0.25) is 0 Å². The van der Waals surface area contributed by atoms with Crippen molar-refractivity contribution >= 4 is 44.4 Å².